The highest BCUT2D eigenvalue weighted by Gasteiger charge is 2.14. The van der Waals surface area contributed by atoms with E-state index in [4.69, 9.17) is 21.8 Å². The second-order valence-corrected chi connectivity index (χ2v) is 9.42. The van der Waals surface area contributed by atoms with Gasteiger partial charge in [-0.25, -0.2) is 4.85 Å². The molecule has 0 amide bonds. The average molecular weight is 477 g/mol. The van der Waals surface area contributed by atoms with Gasteiger partial charge in [0.25, 0.3) is 0 Å². The Balaban J connectivity index is 2.26. The summed E-state index contributed by atoms with van der Waals surface area (Å²) in [7, 11) is 0. The second-order valence-electron chi connectivity index (χ2n) is 9.42. The number of nitrogens with two attached hydrogens (primary N) is 1. The monoisotopic (exact) mass is 476 g/mol. The molecule has 0 aliphatic rings. The van der Waals surface area contributed by atoms with E-state index >= 15 is 0 Å². The number of nitrogen functional groups attached to an aromatic ring is 1. The molecule has 4 heteroatoms. The highest BCUT2D eigenvalue weighted by atomic mass is 16.5. The molecule has 0 saturated heterocycles. The lowest BCUT2D eigenvalue weighted by Crippen LogP contribution is -2.13. The van der Waals surface area contributed by atoms with Crippen molar-refractivity contribution in [1.82, 2.24) is 0 Å². The van der Waals surface area contributed by atoms with Crippen LogP contribution in [0.25, 0.3) is 17.0 Å². The minimum Gasteiger partial charge on any atom is -0.493 e. The minimum absolute atomic E-state index is 0.536. The number of unbranched alkanes of at least 4 members (excludes halogenated alkanes) is 2. The molecule has 0 aliphatic carbocycles. The van der Waals surface area contributed by atoms with Gasteiger partial charge in [-0.1, -0.05) is 103 Å². The van der Waals surface area contributed by atoms with Crippen molar-refractivity contribution in [1.29, 1.82) is 0 Å². The van der Waals surface area contributed by atoms with Crippen LogP contribution in [0, 0.1) is 18.4 Å². The van der Waals surface area contributed by atoms with E-state index in [9.17, 15) is 0 Å². The quantitative estimate of drug-likeness (QED) is 0.149. The van der Waals surface area contributed by atoms with E-state index in [1.165, 1.54) is 38.5 Å². The topological polar surface area (TPSA) is 48.8 Å². The molecule has 35 heavy (non-hydrogen) atoms. The molecule has 2 rings (SSSR count). The van der Waals surface area contributed by atoms with Gasteiger partial charge in [0.1, 0.15) is 11.5 Å². The van der Waals surface area contributed by atoms with Gasteiger partial charge in [-0.15, -0.1) is 0 Å². The zero-order valence-electron chi connectivity index (χ0n) is 22.2. The highest BCUT2D eigenvalue weighted by Crippen LogP contribution is 2.34. The third-order valence-corrected chi connectivity index (χ3v) is 6.66. The Morgan fingerprint density at radius 3 is 1.91 bits per heavy atom. The summed E-state index contributed by atoms with van der Waals surface area (Å²) >= 11 is 0. The first-order valence-electron chi connectivity index (χ1n) is 13.4. The Kier molecular flexibility index (Phi) is 12.8. The zero-order valence-corrected chi connectivity index (χ0v) is 22.2. The molecular formula is C31H44N2O2. The van der Waals surface area contributed by atoms with Crippen molar-refractivity contribution in [3.05, 3.63) is 58.9 Å². The maximum Gasteiger partial charge on any atom is 0.187 e. The third kappa shape index (κ3) is 9.68. The molecule has 2 N–H and O–H groups in total. The normalized spacial score (nSPS) is 12.9. The highest BCUT2D eigenvalue weighted by molar-refractivity contribution is 5.76. The molecule has 0 saturated carbocycles. The van der Waals surface area contributed by atoms with Gasteiger partial charge in [0.05, 0.1) is 25.5 Å². The van der Waals surface area contributed by atoms with E-state index in [1.54, 1.807) is 0 Å². The van der Waals surface area contributed by atoms with E-state index in [0.717, 1.165) is 29.7 Å². The molecule has 0 heterocycles. The van der Waals surface area contributed by atoms with Crippen molar-refractivity contribution in [2.45, 2.75) is 79.1 Å². The van der Waals surface area contributed by atoms with Gasteiger partial charge < -0.3 is 15.2 Å². The number of ether oxygens (including phenoxy) is 2. The fraction of sp³-hybridized carbons (Fsp3) is 0.516. The average Bonchev–Trinajstić information content (AvgIpc) is 2.89. The van der Waals surface area contributed by atoms with E-state index in [0.29, 0.717) is 42.2 Å². The van der Waals surface area contributed by atoms with Gasteiger partial charge in [0.15, 0.2) is 5.69 Å². The largest absolute Gasteiger partial charge is 0.493 e. The Labute approximate surface area is 213 Å². The van der Waals surface area contributed by atoms with Gasteiger partial charge in [0, 0.05) is 11.6 Å². The summed E-state index contributed by atoms with van der Waals surface area (Å²) in [6.45, 7) is 17.4. The Hall–Kier alpha value is -2.93. The number of hydrogen-bond donors (Lipinski definition) is 1. The lowest BCUT2D eigenvalue weighted by Gasteiger charge is -2.20. The first-order chi connectivity index (χ1) is 17.0. The van der Waals surface area contributed by atoms with Crippen LogP contribution in [0.1, 0.15) is 90.2 Å². The van der Waals surface area contributed by atoms with Crippen molar-refractivity contribution in [2.75, 3.05) is 18.9 Å². The molecular weight excluding hydrogens is 432 g/mol. The number of hydrogen-bond acceptors (Lipinski definition) is 3. The van der Waals surface area contributed by atoms with E-state index in [-0.39, 0.29) is 0 Å². The molecule has 0 aliphatic heterocycles. The molecule has 190 valence electrons. The molecule has 0 aromatic heterocycles. The smallest absolute Gasteiger partial charge is 0.187 e. The number of anilines is 1. The van der Waals surface area contributed by atoms with Gasteiger partial charge in [-0.2, -0.15) is 0 Å². The lowest BCUT2D eigenvalue weighted by molar-refractivity contribution is 0.228. The third-order valence-electron chi connectivity index (χ3n) is 6.66. The summed E-state index contributed by atoms with van der Waals surface area (Å²) in [6, 6.07) is 11.5. The van der Waals surface area contributed by atoms with Crippen molar-refractivity contribution in [3.63, 3.8) is 0 Å². The predicted octanol–water partition coefficient (Wildman–Crippen LogP) is 9.18. The van der Waals surface area contributed by atoms with E-state index < -0.39 is 0 Å². The molecule has 2 atom stereocenters. The molecule has 0 spiro atoms. The Bertz CT molecular complexity index is 944. The van der Waals surface area contributed by atoms with Crippen LogP contribution in [0.5, 0.6) is 11.5 Å². The summed E-state index contributed by atoms with van der Waals surface area (Å²) in [4.78, 5) is 3.47. The van der Waals surface area contributed by atoms with Crippen LogP contribution in [0.2, 0.25) is 0 Å². The summed E-state index contributed by atoms with van der Waals surface area (Å²) in [5, 5.41) is 0. The SMILES string of the molecule is [C-]#[N+]c1ccc(/C=C/c2cc(OCC(CC)CCCC)c(N)cc2OCC(CC)CCCC)cc1. The summed E-state index contributed by atoms with van der Waals surface area (Å²) < 4.78 is 12.5. The maximum atomic E-state index is 7.15. The molecule has 0 bridgehead atoms. The molecule has 4 nitrogen and oxygen atoms in total. The summed E-state index contributed by atoms with van der Waals surface area (Å²) in [5.74, 6) is 2.58. The molecule has 2 aromatic rings. The number of nitrogens with zero attached hydrogens (tertiary/aromatic N) is 1. The van der Waals surface area contributed by atoms with Crippen molar-refractivity contribution in [2.24, 2.45) is 11.8 Å². The van der Waals surface area contributed by atoms with Crippen LogP contribution in [0.3, 0.4) is 0 Å². The standard InChI is InChI=1S/C31H44N2O2/c1-6-10-12-24(8-3)22-34-30-21-29(32)31(35-23-25(9-4)13-11-7-2)20-27(30)17-14-26-15-18-28(33-5)19-16-26/h14-21,24-25H,6-13,22-23,32H2,1-4H3/b17-14+. The molecule has 0 radical (unpaired) electrons. The number of benzene rings is 2. The molecule has 2 unspecified atom stereocenters. The molecule has 0 fully saturated rings. The fourth-order valence-corrected chi connectivity index (χ4v) is 4.03. The van der Waals surface area contributed by atoms with E-state index in [2.05, 4.69) is 38.6 Å². The van der Waals surface area contributed by atoms with Crippen LogP contribution >= 0.6 is 0 Å². The zero-order chi connectivity index (χ0) is 25.5. The second kappa shape index (κ2) is 15.9. The van der Waals surface area contributed by atoms with Crippen LogP contribution in [0.4, 0.5) is 11.4 Å². The van der Waals surface area contributed by atoms with Gasteiger partial charge >= 0.3 is 0 Å². The maximum absolute atomic E-state index is 7.15. The van der Waals surface area contributed by atoms with Gasteiger partial charge in [0.2, 0.25) is 0 Å². The van der Waals surface area contributed by atoms with Crippen molar-refractivity contribution >= 4 is 23.5 Å². The Morgan fingerprint density at radius 1 is 0.829 bits per heavy atom. The molecule has 2 aromatic carbocycles. The van der Waals surface area contributed by atoms with E-state index in [1.807, 2.05) is 42.5 Å². The van der Waals surface area contributed by atoms with Crippen molar-refractivity contribution in [3.8, 4) is 11.5 Å². The van der Waals surface area contributed by atoms with Gasteiger partial charge in [-0.3, -0.25) is 0 Å². The fourth-order valence-electron chi connectivity index (χ4n) is 4.03. The van der Waals surface area contributed by atoms with Crippen LogP contribution in [-0.2, 0) is 0 Å². The number of rotatable bonds is 16. The summed E-state index contributed by atoms with van der Waals surface area (Å²) in [6.07, 6.45) is 13.5. The minimum atomic E-state index is 0.536. The summed E-state index contributed by atoms with van der Waals surface area (Å²) in [5.41, 5.74) is 9.66. The van der Waals surface area contributed by atoms with Crippen LogP contribution in [0.15, 0.2) is 36.4 Å². The first-order valence-corrected chi connectivity index (χ1v) is 13.4. The predicted molar refractivity (Wildman–Crippen MR) is 150 cm³/mol. The van der Waals surface area contributed by atoms with Crippen LogP contribution < -0.4 is 15.2 Å². The van der Waals surface area contributed by atoms with Crippen molar-refractivity contribution < 1.29 is 9.47 Å². The lowest BCUT2D eigenvalue weighted by atomic mass is 10.0. The van der Waals surface area contributed by atoms with Gasteiger partial charge in [-0.05, 0) is 36.3 Å². The first kappa shape index (κ1) is 28.3. The Morgan fingerprint density at radius 2 is 1.40 bits per heavy atom. The van der Waals surface area contributed by atoms with Crippen LogP contribution in [-0.4, -0.2) is 13.2 Å².